The predicted molar refractivity (Wildman–Crippen MR) is 136 cm³/mol. The Morgan fingerprint density at radius 2 is 1.66 bits per heavy atom. The fourth-order valence-corrected chi connectivity index (χ4v) is 4.21. The number of carbonyl (C=O) groups is 1. The molecule has 0 radical (unpaired) electrons. The average molecular weight is 464 g/mol. The smallest absolute Gasteiger partial charge is 0.266 e. The van der Waals surface area contributed by atoms with E-state index in [4.69, 9.17) is 9.40 Å². The number of hydrogen-bond donors (Lipinski definition) is 0. The first-order valence-corrected chi connectivity index (χ1v) is 11.5. The number of fused-ring (bicyclic) bond motifs is 1. The molecule has 0 aliphatic heterocycles. The minimum atomic E-state index is -0.536. The molecule has 6 nitrogen and oxygen atoms in total. The zero-order valence-corrected chi connectivity index (χ0v) is 19.6. The van der Waals surface area contributed by atoms with Crippen LogP contribution in [-0.2, 0) is 6.54 Å². The van der Waals surface area contributed by atoms with Gasteiger partial charge in [-0.15, -0.1) is 0 Å². The van der Waals surface area contributed by atoms with E-state index in [2.05, 4.69) is 0 Å². The molecule has 0 saturated carbocycles. The summed E-state index contributed by atoms with van der Waals surface area (Å²) < 4.78 is 7.19. The molecule has 1 amide bonds. The van der Waals surface area contributed by atoms with Crippen LogP contribution in [0, 0.1) is 6.92 Å². The van der Waals surface area contributed by atoms with E-state index in [1.807, 2.05) is 80.6 Å². The van der Waals surface area contributed by atoms with E-state index in [-0.39, 0.29) is 18.0 Å². The number of nitrogens with zero attached hydrogens (tertiary/aromatic N) is 3. The van der Waals surface area contributed by atoms with Crippen molar-refractivity contribution in [3.05, 3.63) is 130 Å². The van der Waals surface area contributed by atoms with Gasteiger partial charge in [0.1, 0.15) is 11.6 Å². The van der Waals surface area contributed by atoms with Crippen LogP contribution in [0.25, 0.3) is 16.6 Å². The van der Waals surface area contributed by atoms with Gasteiger partial charge in [0.25, 0.3) is 11.5 Å². The van der Waals surface area contributed by atoms with Gasteiger partial charge < -0.3 is 9.32 Å². The summed E-state index contributed by atoms with van der Waals surface area (Å²) in [4.78, 5) is 34.0. The van der Waals surface area contributed by atoms with E-state index in [0.717, 1.165) is 5.56 Å². The number of benzene rings is 3. The van der Waals surface area contributed by atoms with E-state index in [0.29, 0.717) is 33.7 Å². The summed E-state index contributed by atoms with van der Waals surface area (Å²) in [6, 6.07) is 27.2. The van der Waals surface area contributed by atoms with Crippen LogP contribution in [0.4, 0.5) is 0 Å². The van der Waals surface area contributed by atoms with Crippen molar-refractivity contribution in [2.45, 2.75) is 26.4 Å². The third-order valence-corrected chi connectivity index (χ3v) is 6.12. The zero-order chi connectivity index (χ0) is 24.4. The van der Waals surface area contributed by atoms with Gasteiger partial charge in [0.05, 0.1) is 35.4 Å². The molecule has 0 N–H and O–H groups in total. The summed E-state index contributed by atoms with van der Waals surface area (Å²) in [6.45, 7) is 4.13. The van der Waals surface area contributed by atoms with E-state index in [9.17, 15) is 9.59 Å². The molecule has 2 heterocycles. The lowest BCUT2D eigenvalue weighted by molar-refractivity contribution is 0.0648. The Balaban J connectivity index is 1.70. The van der Waals surface area contributed by atoms with Crippen molar-refractivity contribution in [1.82, 2.24) is 14.5 Å². The standard InChI is InChI=1S/C29H25N3O3/c1-20-14-16-23(17-15-20)32-27(30-26-13-7-6-12-25(26)29(32)34)21(2)31(19-24-11-8-18-35-24)28(33)22-9-4-3-5-10-22/h3-18,21H,19H2,1-2H3. The predicted octanol–water partition coefficient (Wildman–Crippen LogP) is 5.69. The molecule has 3 aromatic carbocycles. The van der Waals surface area contributed by atoms with Gasteiger partial charge in [-0.1, -0.05) is 48.0 Å². The van der Waals surface area contributed by atoms with Gasteiger partial charge in [-0.05, 0) is 62.4 Å². The number of rotatable bonds is 6. The Hall–Kier alpha value is -4.45. The molecule has 5 rings (SSSR count). The summed E-state index contributed by atoms with van der Waals surface area (Å²) in [5.41, 5.74) is 2.75. The number of furan rings is 1. The summed E-state index contributed by atoms with van der Waals surface area (Å²) in [7, 11) is 0. The largest absolute Gasteiger partial charge is 0.467 e. The Bertz CT molecular complexity index is 1520. The van der Waals surface area contributed by atoms with E-state index >= 15 is 0 Å². The fourth-order valence-electron chi connectivity index (χ4n) is 4.21. The minimum absolute atomic E-state index is 0.174. The number of para-hydroxylation sites is 1. The molecular weight excluding hydrogens is 438 g/mol. The lowest BCUT2D eigenvalue weighted by Crippen LogP contribution is -2.37. The molecule has 0 aliphatic carbocycles. The van der Waals surface area contributed by atoms with Crippen LogP contribution < -0.4 is 5.56 Å². The minimum Gasteiger partial charge on any atom is -0.467 e. The van der Waals surface area contributed by atoms with Crippen molar-refractivity contribution in [2.24, 2.45) is 0 Å². The monoisotopic (exact) mass is 463 g/mol. The molecule has 0 aliphatic rings. The molecule has 0 spiro atoms. The number of aromatic nitrogens is 2. The molecule has 0 bridgehead atoms. The quantitative estimate of drug-likeness (QED) is 0.324. The maximum absolute atomic E-state index is 13.7. The van der Waals surface area contributed by atoms with Gasteiger partial charge in [-0.3, -0.25) is 14.2 Å². The average Bonchev–Trinajstić information content (AvgIpc) is 3.41. The van der Waals surface area contributed by atoms with E-state index in [1.165, 1.54) is 0 Å². The van der Waals surface area contributed by atoms with Crippen molar-refractivity contribution >= 4 is 16.8 Å². The highest BCUT2D eigenvalue weighted by atomic mass is 16.3. The third kappa shape index (κ3) is 4.38. The molecule has 0 saturated heterocycles. The SMILES string of the molecule is Cc1ccc(-n2c(C(C)N(Cc3ccco3)C(=O)c3ccccc3)nc3ccccc3c2=O)cc1. The molecule has 6 heteroatoms. The van der Waals surface area contributed by atoms with Crippen molar-refractivity contribution in [2.75, 3.05) is 0 Å². The number of amides is 1. The fraction of sp³-hybridized carbons (Fsp3) is 0.138. The molecule has 0 fully saturated rings. The van der Waals surface area contributed by atoms with Gasteiger partial charge in [-0.2, -0.15) is 0 Å². The number of carbonyl (C=O) groups excluding carboxylic acids is 1. The second kappa shape index (κ2) is 9.43. The van der Waals surface area contributed by atoms with Crippen LogP contribution in [-0.4, -0.2) is 20.4 Å². The van der Waals surface area contributed by atoms with E-state index in [1.54, 1.807) is 40.0 Å². The Labute approximate surface area is 203 Å². The number of hydrogen-bond acceptors (Lipinski definition) is 4. The highest BCUT2D eigenvalue weighted by Crippen LogP contribution is 2.26. The summed E-state index contributed by atoms with van der Waals surface area (Å²) in [5, 5.41) is 0.524. The second-order valence-corrected chi connectivity index (χ2v) is 8.52. The number of aryl methyl sites for hydroxylation is 1. The maximum Gasteiger partial charge on any atom is 0.266 e. The van der Waals surface area contributed by atoms with Crippen molar-refractivity contribution in [1.29, 1.82) is 0 Å². The topological polar surface area (TPSA) is 68.3 Å². The van der Waals surface area contributed by atoms with Gasteiger partial charge in [0.2, 0.25) is 0 Å². The van der Waals surface area contributed by atoms with Crippen LogP contribution in [0.3, 0.4) is 0 Å². The first-order chi connectivity index (χ1) is 17.0. The Morgan fingerprint density at radius 1 is 0.943 bits per heavy atom. The highest BCUT2D eigenvalue weighted by molar-refractivity contribution is 5.94. The van der Waals surface area contributed by atoms with Gasteiger partial charge in [-0.25, -0.2) is 4.98 Å². The van der Waals surface area contributed by atoms with Gasteiger partial charge in [0.15, 0.2) is 0 Å². The second-order valence-electron chi connectivity index (χ2n) is 8.52. The molecule has 1 unspecified atom stereocenters. The summed E-state index contributed by atoms with van der Waals surface area (Å²) in [5.74, 6) is 0.951. The third-order valence-electron chi connectivity index (χ3n) is 6.12. The van der Waals surface area contributed by atoms with Gasteiger partial charge >= 0.3 is 0 Å². The normalized spacial score (nSPS) is 11.9. The van der Waals surface area contributed by atoms with Crippen LogP contribution >= 0.6 is 0 Å². The maximum atomic E-state index is 13.7. The summed E-state index contributed by atoms with van der Waals surface area (Å²) in [6.07, 6.45) is 1.58. The first kappa shape index (κ1) is 22.3. The molecule has 1 atom stereocenters. The van der Waals surface area contributed by atoms with Crippen LogP contribution in [0.1, 0.15) is 40.5 Å². The molecule has 2 aromatic heterocycles. The van der Waals surface area contributed by atoms with Crippen molar-refractivity contribution in [3.63, 3.8) is 0 Å². The lowest BCUT2D eigenvalue weighted by Gasteiger charge is -2.30. The summed E-state index contributed by atoms with van der Waals surface area (Å²) >= 11 is 0. The molecular formula is C29H25N3O3. The zero-order valence-electron chi connectivity index (χ0n) is 19.6. The Kier molecular flexibility index (Phi) is 6.02. The molecule has 5 aromatic rings. The first-order valence-electron chi connectivity index (χ1n) is 11.5. The van der Waals surface area contributed by atoms with Crippen LogP contribution in [0.5, 0.6) is 0 Å². The van der Waals surface area contributed by atoms with Crippen LogP contribution in [0.15, 0.2) is 106 Å². The Morgan fingerprint density at radius 3 is 2.37 bits per heavy atom. The van der Waals surface area contributed by atoms with Crippen molar-refractivity contribution in [3.8, 4) is 5.69 Å². The van der Waals surface area contributed by atoms with Gasteiger partial charge in [0, 0.05) is 5.56 Å². The molecule has 174 valence electrons. The lowest BCUT2D eigenvalue weighted by atomic mass is 10.1. The van der Waals surface area contributed by atoms with Crippen molar-refractivity contribution < 1.29 is 9.21 Å². The van der Waals surface area contributed by atoms with E-state index < -0.39 is 6.04 Å². The van der Waals surface area contributed by atoms with Crippen LogP contribution in [0.2, 0.25) is 0 Å². The highest BCUT2D eigenvalue weighted by Gasteiger charge is 2.28. The molecule has 35 heavy (non-hydrogen) atoms.